The van der Waals surface area contributed by atoms with Crippen LogP contribution in [0.15, 0.2) is 46.6 Å². The van der Waals surface area contributed by atoms with Crippen LogP contribution in [0.5, 0.6) is 0 Å². The quantitative estimate of drug-likeness (QED) is 0.601. The zero-order valence-corrected chi connectivity index (χ0v) is 17.4. The lowest BCUT2D eigenvalue weighted by Gasteiger charge is -2.14. The lowest BCUT2D eigenvalue weighted by Crippen LogP contribution is -2.32. The number of hydrogen-bond acceptors (Lipinski definition) is 6. The molecule has 0 unspecified atom stereocenters. The van der Waals surface area contributed by atoms with Crippen LogP contribution in [-0.2, 0) is 16.1 Å². The van der Waals surface area contributed by atoms with Crippen molar-refractivity contribution in [3.8, 4) is 0 Å². The van der Waals surface area contributed by atoms with E-state index in [0.29, 0.717) is 17.3 Å². The minimum Gasteiger partial charge on any atom is -0.451 e. The molecule has 0 fully saturated rings. The topological polar surface area (TPSA) is 90.3 Å². The second-order valence-corrected chi connectivity index (χ2v) is 8.14. The molecule has 2 heterocycles. The van der Waals surface area contributed by atoms with Crippen LogP contribution >= 0.6 is 11.3 Å². The molecule has 0 bridgehead atoms. The molecule has 2 aromatic heterocycles. The number of nitrogens with one attached hydrogen (secondary N) is 1. The maximum absolute atomic E-state index is 12.6. The summed E-state index contributed by atoms with van der Waals surface area (Å²) >= 11 is 1.54. The summed E-state index contributed by atoms with van der Waals surface area (Å²) in [5.41, 5.74) is -0.228. The van der Waals surface area contributed by atoms with E-state index < -0.39 is 18.5 Å². The highest BCUT2D eigenvalue weighted by Crippen LogP contribution is 2.18. The average molecular weight is 413 g/mol. The number of amides is 1. The minimum atomic E-state index is -0.738. The number of carbonyl (C=O) groups excluding carboxylic acids is 2. The fourth-order valence-electron chi connectivity index (χ4n) is 2.95. The van der Waals surface area contributed by atoms with Gasteiger partial charge in [0.1, 0.15) is 0 Å². The third kappa shape index (κ3) is 4.89. The van der Waals surface area contributed by atoms with Gasteiger partial charge in [-0.2, -0.15) is 5.10 Å². The molecular weight excluding hydrogens is 390 g/mol. The maximum Gasteiger partial charge on any atom is 0.359 e. The van der Waals surface area contributed by atoms with Gasteiger partial charge in [-0.25, -0.2) is 9.48 Å². The highest BCUT2D eigenvalue weighted by atomic mass is 32.1. The van der Waals surface area contributed by atoms with Gasteiger partial charge >= 0.3 is 5.97 Å². The van der Waals surface area contributed by atoms with Crippen LogP contribution < -0.4 is 10.9 Å². The summed E-state index contributed by atoms with van der Waals surface area (Å²) in [6.07, 6.45) is 0. The molecule has 29 heavy (non-hydrogen) atoms. The zero-order valence-electron chi connectivity index (χ0n) is 16.5. The molecule has 3 aromatic rings. The Morgan fingerprint density at radius 3 is 2.52 bits per heavy atom. The first-order valence-electron chi connectivity index (χ1n) is 9.36. The first-order chi connectivity index (χ1) is 13.9. The fourth-order valence-corrected chi connectivity index (χ4v) is 3.68. The van der Waals surface area contributed by atoms with Crippen molar-refractivity contribution in [1.82, 2.24) is 15.1 Å². The Morgan fingerprint density at radius 2 is 1.86 bits per heavy atom. The number of ether oxygens (including phenoxy) is 1. The highest BCUT2D eigenvalue weighted by Gasteiger charge is 2.20. The van der Waals surface area contributed by atoms with Gasteiger partial charge in [-0.1, -0.05) is 38.1 Å². The summed E-state index contributed by atoms with van der Waals surface area (Å²) in [7, 11) is 0. The van der Waals surface area contributed by atoms with Crippen LogP contribution in [-0.4, -0.2) is 28.3 Å². The van der Waals surface area contributed by atoms with E-state index in [9.17, 15) is 14.4 Å². The molecular formula is C21H23N3O4S. The number of benzene rings is 1. The molecule has 8 heteroatoms. The van der Waals surface area contributed by atoms with Crippen LogP contribution in [0.2, 0.25) is 0 Å². The van der Waals surface area contributed by atoms with Gasteiger partial charge in [0.05, 0.1) is 11.4 Å². The van der Waals surface area contributed by atoms with Gasteiger partial charge < -0.3 is 10.1 Å². The van der Waals surface area contributed by atoms with Crippen LogP contribution in [0.4, 0.5) is 0 Å². The van der Waals surface area contributed by atoms with Crippen molar-refractivity contribution in [2.45, 2.75) is 33.4 Å². The van der Waals surface area contributed by atoms with Crippen molar-refractivity contribution in [3.05, 3.63) is 62.7 Å². The summed E-state index contributed by atoms with van der Waals surface area (Å²) < 4.78 is 6.47. The van der Waals surface area contributed by atoms with E-state index in [1.807, 2.05) is 38.3 Å². The summed E-state index contributed by atoms with van der Waals surface area (Å²) in [6.45, 7) is 5.74. The van der Waals surface area contributed by atoms with Crippen LogP contribution in [0.25, 0.3) is 10.8 Å². The molecule has 0 aliphatic rings. The Bertz CT molecular complexity index is 1070. The van der Waals surface area contributed by atoms with E-state index in [4.69, 9.17) is 4.74 Å². The van der Waals surface area contributed by atoms with Gasteiger partial charge in [-0.05, 0) is 30.4 Å². The van der Waals surface area contributed by atoms with Crippen LogP contribution in [0, 0.1) is 5.92 Å². The second-order valence-electron chi connectivity index (χ2n) is 7.16. The molecule has 1 aromatic carbocycles. The number of fused-ring (bicyclic) bond motifs is 1. The molecule has 1 amide bonds. The number of rotatable bonds is 7. The zero-order chi connectivity index (χ0) is 21.0. The molecule has 1 atom stereocenters. The van der Waals surface area contributed by atoms with Gasteiger partial charge in [0, 0.05) is 16.8 Å². The van der Waals surface area contributed by atoms with Gasteiger partial charge in [-0.3, -0.25) is 9.59 Å². The van der Waals surface area contributed by atoms with E-state index in [2.05, 4.69) is 10.4 Å². The van der Waals surface area contributed by atoms with E-state index in [-0.39, 0.29) is 23.2 Å². The summed E-state index contributed by atoms with van der Waals surface area (Å²) in [5.74, 6) is -0.966. The fraction of sp³-hybridized carbons (Fsp3) is 0.333. The Kier molecular flexibility index (Phi) is 6.43. The molecule has 7 nitrogen and oxygen atoms in total. The molecule has 0 aliphatic carbocycles. The molecule has 0 radical (unpaired) electrons. The molecule has 0 aliphatic heterocycles. The van der Waals surface area contributed by atoms with Gasteiger partial charge in [0.15, 0.2) is 12.3 Å². The van der Waals surface area contributed by atoms with Crippen LogP contribution in [0.1, 0.15) is 42.2 Å². The Hall–Kier alpha value is -3.00. The predicted molar refractivity (Wildman–Crippen MR) is 112 cm³/mol. The number of hydrogen-bond donors (Lipinski definition) is 1. The second kappa shape index (κ2) is 9.00. The number of nitrogens with zero attached hydrogens (tertiary/aromatic N) is 2. The van der Waals surface area contributed by atoms with Gasteiger partial charge in [-0.15, -0.1) is 11.3 Å². The van der Waals surface area contributed by atoms with Crippen LogP contribution in [0.3, 0.4) is 0 Å². The van der Waals surface area contributed by atoms with Crippen molar-refractivity contribution in [3.63, 3.8) is 0 Å². The Labute approximate surface area is 172 Å². The molecule has 0 saturated heterocycles. The average Bonchev–Trinajstić information content (AvgIpc) is 3.23. The Morgan fingerprint density at radius 1 is 1.14 bits per heavy atom. The monoisotopic (exact) mass is 413 g/mol. The van der Waals surface area contributed by atoms with Gasteiger partial charge in [0.25, 0.3) is 11.5 Å². The third-order valence-electron chi connectivity index (χ3n) is 4.28. The van der Waals surface area contributed by atoms with E-state index >= 15 is 0 Å². The van der Waals surface area contributed by atoms with E-state index in [1.54, 1.807) is 24.3 Å². The van der Waals surface area contributed by atoms with Crippen molar-refractivity contribution in [2.24, 2.45) is 5.92 Å². The maximum atomic E-state index is 12.6. The predicted octanol–water partition coefficient (Wildman–Crippen LogP) is 3.15. The summed E-state index contributed by atoms with van der Waals surface area (Å²) in [4.78, 5) is 38.4. The summed E-state index contributed by atoms with van der Waals surface area (Å²) in [5, 5.41) is 9.75. The number of esters is 1. The standard InChI is InChI=1S/C21H23N3O4S/c1-13(2)11-24-20(26)16-8-5-4-7-15(16)19(23-24)21(27)28-12-18(25)22-14(3)17-9-6-10-29-17/h4-10,13-14H,11-12H2,1-3H3,(H,22,25)/t14-/m1/s1. The first kappa shape index (κ1) is 20.7. The lowest BCUT2D eigenvalue weighted by atomic mass is 10.1. The van der Waals surface area contributed by atoms with Crippen molar-refractivity contribution < 1.29 is 14.3 Å². The molecule has 1 N–H and O–H groups in total. The minimum absolute atomic E-state index is 0.0277. The van der Waals surface area contributed by atoms with E-state index in [0.717, 1.165) is 4.88 Å². The van der Waals surface area contributed by atoms with Crippen molar-refractivity contribution >= 4 is 34.0 Å². The van der Waals surface area contributed by atoms with Crippen molar-refractivity contribution in [2.75, 3.05) is 6.61 Å². The first-order valence-corrected chi connectivity index (χ1v) is 10.2. The van der Waals surface area contributed by atoms with Crippen molar-refractivity contribution in [1.29, 1.82) is 0 Å². The summed E-state index contributed by atoms with van der Waals surface area (Å²) in [6, 6.07) is 10.4. The largest absolute Gasteiger partial charge is 0.451 e. The molecule has 152 valence electrons. The third-order valence-corrected chi connectivity index (χ3v) is 5.34. The van der Waals surface area contributed by atoms with Gasteiger partial charge in [0.2, 0.25) is 0 Å². The smallest absolute Gasteiger partial charge is 0.359 e. The molecule has 0 saturated carbocycles. The Balaban J connectivity index is 1.77. The highest BCUT2D eigenvalue weighted by molar-refractivity contribution is 7.10. The molecule has 0 spiro atoms. The number of thiophene rings is 1. The number of carbonyl (C=O) groups is 2. The SMILES string of the molecule is CC(C)Cn1nc(C(=O)OCC(=O)N[C@H](C)c2cccs2)c2ccccc2c1=O. The van der Waals surface area contributed by atoms with E-state index in [1.165, 1.54) is 16.0 Å². The molecule has 3 rings (SSSR count). The lowest BCUT2D eigenvalue weighted by molar-refractivity contribution is -0.124. The normalized spacial score (nSPS) is 12.1. The number of aromatic nitrogens is 2.